The van der Waals surface area contributed by atoms with E-state index in [9.17, 15) is 0 Å². The van der Waals surface area contributed by atoms with Crippen molar-refractivity contribution in [3.63, 3.8) is 0 Å². The minimum absolute atomic E-state index is 0. The van der Waals surface area contributed by atoms with Crippen LogP contribution < -0.4 is 0 Å². The maximum Gasteiger partial charge on any atom is 2.00 e. The average Bonchev–Trinajstić information content (AvgIpc) is 2.59. The second-order valence-corrected chi connectivity index (χ2v) is 12.0. The molecule has 0 saturated heterocycles. The van der Waals surface area contributed by atoms with Crippen molar-refractivity contribution in [3.05, 3.63) is 13.8 Å². The van der Waals surface area contributed by atoms with Gasteiger partial charge in [-0.05, 0) is 23.6 Å². The minimum atomic E-state index is -3.81. The van der Waals surface area contributed by atoms with Crippen LogP contribution in [0.3, 0.4) is 0 Å². The zero-order valence-electron chi connectivity index (χ0n) is 19.5. The first-order valence-corrected chi connectivity index (χ1v) is 16.3. The molecule has 0 aromatic carbocycles. The standard InChI is InChI=1S/2C10H21.Mo.2H3O3PS/c2*1-3-5-7-9-10-8-6-4-2;;2*1-4(2,3)5/h2*1,3-10H2,2H3;;2*(H3,1,2,3,5)/q2*-1;+2;;. The average molecular weight is 607 g/mol. The zero-order chi connectivity index (χ0) is 24.3. The Bertz CT molecular complexity index is 327. The topological polar surface area (TPSA) is 121 Å². The monoisotopic (exact) mass is 608 g/mol. The van der Waals surface area contributed by atoms with E-state index < -0.39 is 13.4 Å². The third kappa shape index (κ3) is 113. The molecule has 0 amide bonds. The van der Waals surface area contributed by atoms with E-state index in [1.165, 1.54) is 89.9 Å². The molecule has 0 aromatic heterocycles. The molecular formula is C20H48MoO6P2S2. The molecule has 0 aliphatic rings. The van der Waals surface area contributed by atoms with Crippen molar-refractivity contribution >= 4 is 37.1 Å². The van der Waals surface area contributed by atoms with Gasteiger partial charge in [0.05, 0.1) is 0 Å². The summed E-state index contributed by atoms with van der Waals surface area (Å²) in [4.78, 5) is 45.3. The molecule has 0 aromatic rings. The Morgan fingerprint density at radius 2 is 0.645 bits per heavy atom. The molecule has 0 fully saturated rings. The Morgan fingerprint density at radius 3 is 0.806 bits per heavy atom. The van der Waals surface area contributed by atoms with Crippen LogP contribution >= 0.6 is 13.4 Å². The Hall–Kier alpha value is 1.75. The molecule has 0 rings (SSSR count). The van der Waals surface area contributed by atoms with Gasteiger partial charge >= 0.3 is 34.5 Å². The van der Waals surface area contributed by atoms with E-state index in [4.69, 9.17) is 29.4 Å². The molecule has 11 heteroatoms. The van der Waals surface area contributed by atoms with Gasteiger partial charge in [-0.1, -0.05) is 104 Å². The van der Waals surface area contributed by atoms with Gasteiger partial charge < -0.3 is 43.2 Å². The van der Waals surface area contributed by atoms with Crippen LogP contribution in [0.1, 0.15) is 117 Å². The van der Waals surface area contributed by atoms with Crippen LogP contribution in [0, 0.1) is 13.8 Å². The molecule has 0 unspecified atom stereocenters. The number of hydrogen-bond donors (Lipinski definition) is 6. The first kappa shape index (κ1) is 42.9. The summed E-state index contributed by atoms with van der Waals surface area (Å²) in [5.41, 5.74) is 0. The minimum Gasteiger partial charge on any atom is -0.343 e. The van der Waals surface area contributed by atoms with Crippen molar-refractivity contribution in [3.8, 4) is 0 Å². The van der Waals surface area contributed by atoms with E-state index in [-0.39, 0.29) is 21.1 Å². The van der Waals surface area contributed by atoms with Crippen molar-refractivity contribution in [2.24, 2.45) is 0 Å². The normalized spacial score (nSPS) is 10.4. The molecule has 0 radical (unpaired) electrons. The van der Waals surface area contributed by atoms with Crippen LogP contribution in [0.4, 0.5) is 0 Å². The van der Waals surface area contributed by atoms with Crippen molar-refractivity contribution in [1.29, 1.82) is 0 Å². The van der Waals surface area contributed by atoms with Gasteiger partial charge in [0.2, 0.25) is 0 Å². The van der Waals surface area contributed by atoms with Gasteiger partial charge in [0.25, 0.3) is 0 Å². The van der Waals surface area contributed by atoms with Gasteiger partial charge in [-0.15, -0.1) is 0 Å². The van der Waals surface area contributed by atoms with Crippen molar-refractivity contribution in [2.75, 3.05) is 0 Å². The molecule has 31 heavy (non-hydrogen) atoms. The summed E-state index contributed by atoms with van der Waals surface area (Å²) >= 11 is 7.21. The quantitative estimate of drug-likeness (QED) is 0.0590. The Kier molecular flexibility index (Phi) is 46.9. The van der Waals surface area contributed by atoms with E-state index in [1.807, 2.05) is 0 Å². The van der Waals surface area contributed by atoms with E-state index in [0.29, 0.717) is 0 Å². The maximum atomic E-state index is 7.56. The molecule has 0 aliphatic carbocycles. The molecule has 0 bridgehead atoms. The summed E-state index contributed by atoms with van der Waals surface area (Å²) in [6.07, 6.45) is 21.8. The van der Waals surface area contributed by atoms with Crippen molar-refractivity contribution < 1.29 is 50.4 Å². The fourth-order valence-corrected chi connectivity index (χ4v) is 2.27. The van der Waals surface area contributed by atoms with Gasteiger partial charge in [-0.2, -0.15) is 12.8 Å². The summed E-state index contributed by atoms with van der Waals surface area (Å²) in [7, 11) is 0. The van der Waals surface area contributed by atoms with Crippen LogP contribution in [-0.2, 0) is 44.7 Å². The number of rotatable bonds is 14. The van der Waals surface area contributed by atoms with E-state index in [2.05, 4.69) is 51.3 Å². The fraction of sp³-hybridized carbons (Fsp3) is 0.900. The van der Waals surface area contributed by atoms with Gasteiger partial charge in [-0.3, -0.25) is 0 Å². The molecule has 0 atom stereocenters. The third-order valence-electron chi connectivity index (χ3n) is 3.71. The number of unbranched alkanes of at least 4 members (excludes halogenated alkanes) is 14. The second kappa shape index (κ2) is 33.9. The van der Waals surface area contributed by atoms with E-state index >= 15 is 0 Å². The molecule has 0 saturated carbocycles. The van der Waals surface area contributed by atoms with Gasteiger partial charge in [0, 0.05) is 0 Å². The molecule has 0 heterocycles. The maximum absolute atomic E-state index is 7.56. The van der Waals surface area contributed by atoms with Crippen LogP contribution in [0.5, 0.6) is 0 Å². The summed E-state index contributed by atoms with van der Waals surface area (Å²) in [6, 6.07) is 0. The van der Waals surface area contributed by atoms with E-state index in [1.54, 1.807) is 0 Å². The van der Waals surface area contributed by atoms with Crippen LogP contribution in [0.2, 0.25) is 0 Å². The number of hydrogen-bond acceptors (Lipinski definition) is 2. The Morgan fingerprint density at radius 1 is 0.484 bits per heavy atom. The van der Waals surface area contributed by atoms with Gasteiger partial charge in [0.15, 0.2) is 0 Å². The van der Waals surface area contributed by atoms with Crippen LogP contribution in [-0.4, -0.2) is 29.4 Å². The molecule has 0 spiro atoms. The van der Waals surface area contributed by atoms with E-state index in [0.717, 1.165) is 12.8 Å². The SMILES string of the molecule is OP(O)(O)=S.OP(O)(O)=S.[CH2-]CCCCCCCCC.[CH2-]CCCCCCCCC.[Mo+2]. The molecule has 0 aliphatic heterocycles. The summed E-state index contributed by atoms with van der Waals surface area (Å²) in [5, 5.41) is 0. The largest absolute Gasteiger partial charge is 2.00 e. The molecule has 192 valence electrons. The van der Waals surface area contributed by atoms with Crippen molar-refractivity contribution in [1.82, 2.24) is 0 Å². The molecular weight excluding hydrogens is 558 g/mol. The smallest absolute Gasteiger partial charge is 0.343 e. The van der Waals surface area contributed by atoms with Gasteiger partial charge in [-0.25, -0.2) is 0 Å². The third-order valence-corrected chi connectivity index (χ3v) is 3.71. The van der Waals surface area contributed by atoms with Crippen LogP contribution in [0.25, 0.3) is 0 Å². The summed E-state index contributed by atoms with van der Waals surface area (Å²) in [6.45, 7) is 4.55. The fourth-order valence-electron chi connectivity index (χ4n) is 2.27. The molecule has 6 N–H and O–H groups in total. The first-order chi connectivity index (χ1) is 13.8. The Balaban J connectivity index is -0.000000101. The van der Waals surface area contributed by atoms with Crippen molar-refractivity contribution in [2.45, 2.75) is 117 Å². The predicted molar refractivity (Wildman–Crippen MR) is 138 cm³/mol. The predicted octanol–water partition coefficient (Wildman–Crippen LogP) is 6.30. The van der Waals surface area contributed by atoms with Gasteiger partial charge in [0.1, 0.15) is 0 Å². The van der Waals surface area contributed by atoms with Crippen LogP contribution in [0.15, 0.2) is 0 Å². The Labute approximate surface area is 217 Å². The second-order valence-electron chi connectivity index (χ2n) is 6.98. The summed E-state index contributed by atoms with van der Waals surface area (Å²) in [5.74, 6) is 0. The zero-order valence-corrected chi connectivity index (χ0v) is 25.0. The summed E-state index contributed by atoms with van der Waals surface area (Å²) < 4.78 is 0. The first-order valence-electron chi connectivity index (χ1n) is 11.0. The molecule has 6 nitrogen and oxygen atoms in total.